The van der Waals surface area contributed by atoms with Crippen molar-refractivity contribution in [2.75, 3.05) is 5.75 Å². The Morgan fingerprint density at radius 1 is 1.14 bits per heavy atom. The first-order valence-corrected chi connectivity index (χ1v) is 8.43. The van der Waals surface area contributed by atoms with Crippen LogP contribution < -0.4 is 0 Å². The molecule has 3 rings (SSSR count). The van der Waals surface area contributed by atoms with E-state index in [1.54, 1.807) is 28.8 Å². The molecule has 0 amide bonds. The van der Waals surface area contributed by atoms with Gasteiger partial charge < -0.3 is 5.11 Å². The molecular formula is C14H10Cl3N3OS. The maximum atomic E-state index is 10.3. The number of rotatable bonds is 4. The second-order valence-corrected chi connectivity index (χ2v) is 6.77. The fourth-order valence-electron chi connectivity index (χ4n) is 1.99. The third-order valence-corrected chi connectivity index (χ3v) is 4.88. The van der Waals surface area contributed by atoms with Gasteiger partial charge in [0.2, 0.25) is 0 Å². The van der Waals surface area contributed by atoms with Crippen LogP contribution >= 0.6 is 46.6 Å². The van der Waals surface area contributed by atoms with E-state index >= 15 is 0 Å². The molecule has 22 heavy (non-hydrogen) atoms. The Labute approximate surface area is 146 Å². The quantitative estimate of drug-likeness (QED) is 0.682. The summed E-state index contributed by atoms with van der Waals surface area (Å²) in [7, 11) is 0. The SMILES string of the molecule is O[C@H](CSc1nnc2c(Cl)cc(Cl)cn12)c1ccccc1Cl. The number of pyridine rings is 1. The third-order valence-electron chi connectivity index (χ3n) is 3.03. The molecule has 3 aromatic rings. The van der Waals surface area contributed by atoms with Crippen molar-refractivity contribution in [1.82, 2.24) is 14.6 Å². The number of benzene rings is 1. The number of hydrogen-bond acceptors (Lipinski definition) is 4. The molecule has 0 bridgehead atoms. The fraction of sp³-hybridized carbons (Fsp3) is 0.143. The van der Waals surface area contributed by atoms with Gasteiger partial charge in [0.15, 0.2) is 10.8 Å². The summed E-state index contributed by atoms with van der Waals surface area (Å²) in [6.07, 6.45) is 0.980. The minimum absolute atomic E-state index is 0.384. The molecule has 4 nitrogen and oxygen atoms in total. The monoisotopic (exact) mass is 373 g/mol. The average molecular weight is 375 g/mol. The first kappa shape index (κ1) is 15.9. The first-order chi connectivity index (χ1) is 10.6. The van der Waals surface area contributed by atoms with Crippen LogP contribution in [0.3, 0.4) is 0 Å². The zero-order valence-electron chi connectivity index (χ0n) is 11.1. The van der Waals surface area contributed by atoms with E-state index in [0.29, 0.717) is 37.2 Å². The lowest BCUT2D eigenvalue weighted by Crippen LogP contribution is -2.02. The molecule has 1 N–H and O–H groups in total. The van der Waals surface area contributed by atoms with Crippen molar-refractivity contribution in [3.8, 4) is 0 Å². The number of thioether (sulfide) groups is 1. The topological polar surface area (TPSA) is 50.4 Å². The lowest BCUT2D eigenvalue weighted by atomic mass is 10.1. The molecule has 1 aromatic carbocycles. The van der Waals surface area contributed by atoms with Crippen LogP contribution in [-0.2, 0) is 0 Å². The fourth-order valence-corrected chi connectivity index (χ4v) is 3.62. The Kier molecular flexibility index (Phi) is 4.80. The van der Waals surface area contributed by atoms with Crippen molar-refractivity contribution < 1.29 is 5.11 Å². The molecule has 0 spiro atoms. The number of aromatic nitrogens is 3. The maximum Gasteiger partial charge on any atom is 0.195 e. The summed E-state index contributed by atoms with van der Waals surface area (Å²) < 4.78 is 1.70. The summed E-state index contributed by atoms with van der Waals surface area (Å²) in [6.45, 7) is 0. The molecule has 0 fully saturated rings. The van der Waals surface area contributed by atoms with Crippen LogP contribution in [-0.4, -0.2) is 25.5 Å². The Morgan fingerprint density at radius 2 is 1.91 bits per heavy atom. The van der Waals surface area contributed by atoms with E-state index in [2.05, 4.69) is 10.2 Å². The van der Waals surface area contributed by atoms with E-state index in [4.69, 9.17) is 34.8 Å². The zero-order valence-corrected chi connectivity index (χ0v) is 14.2. The van der Waals surface area contributed by atoms with Crippen LogP contribution in [0.4, 0.5) is 0 Å². The smallest absolute Gasteiger partial charge is 0.195 e. The summed E-state index contributed by atoms with van der Waals surface area (Å²) in [5.41, 5.74) is 1.21. The number of fused-ring (bicyclic) bond motifs is 1. The van der Waals surface area contributed by atoms with Gasteiger partial charge >= 0.3 is 0 Å². The van der Waals surface area contributed by atoms with Crippen LogP contribution in [0.2, 0.25) is 15.1 Å². The Bertz CT molecular complexity index is 824. The number of nitrogens with zero attached hydrogens (tertiary/aromatic N) is 3. The summed E-state index contributed by atoms with van der Waals surface area (Å²) in [6, 6.07) is 8.81. The molecule has 0 aliphatic carbocycles. The van der Waals surface area contributed by atoms with E-state index in [-0.39, 0.29) is 0 Å². The average Bonchev–Trinajstić information content (AvgIpc) is 2.88. The minimum atomic E-state index is -0.708. The van der Waals surface area contributed by atoms with Gasteiger partial charge in [0.1, 0.15) is 0 Å². The van der Waals surface area contributed by atoms with Gasteiger partial charge in [-0.2, -0.15) is 0 Å². The lowest BCUT2D eigenvalue weighted by Gasteiger charge is -2.11. The van der Waals surface area contributed by atoms with Gasteiger partial charge in [-0.05, 0) is 17.7 Å². The van der Waals surface area contributed by atoms with Gasteiger partial charge in [-0.1, -0.05) is 64.8 Å². The standard InChI is InChI=1S/C14H10Cl3N3OS/c15-8-5-11(17)13-18-19-14(20(13)6-8)22-7-12(21)9-3-1-2-4-10(9)16/h1-6,12,21H,7H2/t12-/m1/s1. The summed E-state index contributed by atoms with van der Waals surface area (Å²) in [5.74, 6) is 0.384. The number of aliphatic hydroxyl groups excluding tert-OH is 1. The molecule has 1 atom stereocenters. The van der Waals surface area contributed by atoms with Gasteiger partial charge in [-0.25, -0.2) is 0 Å². The van der Waals surface area contributed by atoms with Crippen molar-refractivity contribution in [2.45, 2.75) is 11.3 Å². The van der Waals surface area contributed by atoms with Crippen molar-refractivity contribution in [1.29, 1.82) is 0 Å². The Morgan fingerprint density at radius 3 is 2.68 bits per heavy atom. The molecule has 0 saturated carbocycles. The normalized spacial score (nSPS) is 12.7. The first-order valence-electron chi connectivity index (χ1n) is 6.31. The summed E-state index contributed by atoms with van der Waals surface area (Å²) in [5, 5.41) is 20.4. The summed E-state index contributed by atoms with van der Waals surface area (Å²) in [4.78, 5) is 0. The second kappa shape index (κ2) is 6.64. The zero-order chi connectivity index (χ0) is 15.7. The van der Waals surface area contributed by atoms with E-state index in [1.807, 2.05) is 12.1 Å². The third kappa shape index (κ3) is 3.19. The van der Waals surface area contributed by atoms with Gasteiger partial charge in [0.25, 0.3) is 0 Å². The largest absolute Gasteiger partial charge is 0.387 e. The van der Waals surface area contributed by atoms with Crippen LogP contribution in [0.15, 0.2) is 41.7 Å². The van der Waals surface area contributed by atoms with Gasteiger partial charge in [0.05, 0.1) is 16.1 Å². The molecule has 0 saturated heterocycles. The number of hydrogen-bond donors (Lipinski definition) is 1. The molecule has 0 aliphatic rings. The van der Waals surface area contributed by atoms with Crippen molar-refractivity contribution in [2.24, 2.45) is 0 Å². The van der Waals surface area contributed by atoms with Crippen molar-refractivity contribution in [3.05, 3.63) is 57.2 Å². The molecule has 0 aliphatic heterocycles. The molecule has 0 radical (unpaired) electrons. The maximum absolute atomic E-state index is 10.3. The molecular weight excluding hydrogens is 365 g/mol. The van der Waals surface area contributed by atoms with E-state index < -0.39 is 6.10 Å². The van der Waals surface area contributed by atoms with Crippen LogP contribution in [0.25, 0.3) is 5.65 Å². The van der Waals surface area contributed by atoms with Gasteiger partial charge in [-0.15, -0.1) is 10.2 Å². The van der Waals surface area contributed by atoms with Gasteiger partial charge in [0, 0.05) is 17.0 Å². The van der Waals surface area contributed by atoms with Crippen LogP contribution in [0.5, 0.6) is 0 Å². The van der Waals surface area contributed by atoms with Gasteiger partial charge in [-0.3, -0.25) is 4.40 Å². The number of aliphatic hydroxyl groups is 1. The highest BCUT2D eigenvalue weighted by atomic mass is 35.5. The molecule has 0 unspecified atom stereocenters. The van der Waals surface area contributed by atoms with Crippen LogP contribution in [0, 0.1) is 0 Å². The Balaban J connectivity index is 1.81. The van der Waals surface area contributed by atoms with Crippen molar-refractivity contribution in [3.63, 3.8) is 0 Å². The minimum Gasteiger partial charge on any atom is -0.387 e. The summed E-state index contributed by atoms with van der Waals surface area (Å²) >= 11 is 19.5. The Hall–Kier alpha value is -0.980. The highest BCUT2D eigenvalue weighted by Gasteiger charge is 2.15. The number of halogens is 3. The van der Waals surface area contributed by atoms with E-state index in [9.17, 15) is 5.11 Å². The van der Waals surface area contributed by atoms with E-state index in [1.165, 1.54) is 11.8 Å². The molecule has 8 heteroatoms. The highest BCUT2D eigenvalue weighted by Crippen LogP contribution is 2.30. The molecule has 2 heterocycles. The predicted molar refractivity (Wildman–Crippen MR) is 90.1 cm³/mol. The lowest BCUT2D eigenvalue weighted by molar-refractivity contribution is 0.204. The van der Waals surface area contributed by atoms with E-state index in [0.717, 1.165) is 0 Å². The molecule has 2 aromatic heterocycles. The molecule has 114 valence electrons. The van der Waals surface area contributed by atoms with Crippen molar-refractivity contribution >= 4 is 52.2 Å². The highest BCUT2D eigenvalue weighted by molar-refractivity contribution is 7.99. The second-order valence-electron chi connectivity index (χ2n) is 4.53. The van der Waals surface area contributed by atoms with Crippen LogP contribution in [0.1, 0.15) is 11.7 Å². The predicted octanol–water partition coefficient (Wildman–Crippen LogP) is 4.52.